The summed E-state index contributed by atoms with van der Waals surface area (Å²) in [5.74, 6) is 1.03. The Balaban J connectivity index is 1.39. The number of nitrogens with zero attached hydrogens (tertiary/aromatic N) is 4. The van der Waals surface area contributed by atoms with Crippen LogP contribution in [0.3, 0.4) is 0 Å². The van der Waals surface area contributed by atoms with E-state index in [1.54, 1.807) is 0 Å². The molecule has 1 N–H and O–H groups in total. The van der Waals surface area contributed by atoms with E-state index in [4.69, 9.17) is 4.74 Å². The van der Waals surface area contributed by atoms with Crippen molar-refractivity contribution in [1.29, 1.82) is 0 Å². The molecule has 0 spiro atoms. The zero-order valence-corrected chi connectivity index (χ0v) is 14.4. The minimum Gasteiger partial charge on any atom is -0.375 e. The topological polar surface area (TPSA) is 54.7 Å². The summed E-state index contributed by atoms with van der Waals surface area (Å²) in [6.45, 7) is 6.26. The minimum atomic E-state index is 0.257. The highest BCUT2D eigenvalue weighted by Gasteiger charge is 2.17. The molecule has 1 fully saturated rings. The number of fused-ring (bicyclic) bond motifs is 1. The fourth-order valence-corrected chi connectivity index (χ4v) is 3.24. The summed E-state index contributed by atoms with van der Waals surface area (Å²) in [5.41, 5.74) is 3.59. The summed E-state index contributed by atoms with van der Waals surface area (Å²) in [4.78, 5) is 6.82. The number of hydrogen-bond donors (Lipinski definition) is 1. The van der Waals surface area contributed by atoms with Gasteiger partial charge in [-0.3, -0.25) is 0 Å². The summed E-state index contributed by atoms with van der Waals surface area (Å²) in [7, 11) is 0. The summed E-state index contributed by atoms with van der Waals surface area (Å²) in [6.07, 6.45) is 6.04. The van der Waals surface area contributed by atoms with Gasteiger partial charge in [0.1, 0.15) is 5.82 Å². The van der Waals surface area contributed by atoms with Gasteiger partial charge >= 0.3 is 0 Å². The first-order valence-electron chi connectivity index (χ1n) is 8.73. The van der Waals surface area contributed by atoms with E-state index >= 15 is 0 Å². The van der Waals surface area contributed by atoms with E-state index in [1.165, 1.54) is 11.1 Å². The lowest BCUT2D eigenvalue weighted by atomic mass is 10.2. The van der Waals surface area contributed by atoms with Crippen molar-refractivity contribution in [3.05, 3.63) is 60.0 Å². The Morgan fingerprint density at radius 2 is 2.24 bits per heavy atom. The summed E-state index contributed by atoms with van der Waals surface area (Å²) in [5, 5.41) is 7.89. The molecule has 1 aliphatic rings. The maximum atomic E-state index is 5.61. The highest BCUT2D eigenvalue weighted by atomic mass is 16.5. The van der Waals surface area contributed by atoms with Crippen molar-refractivity contribution < 1.29 is 4.74 Å². The van der Waals surface area contributed by atoms with Gasteiger partial charge in [0, 0.05) is 44.1 Å². The van der Waals surface area contributed by atoms with Gasteiger partial charge in [0.15, 0.2) is 0 Å². The zero-order chi connectivity index (χ0) is 17.1. The number of hydrogen-bond acceptors (Lipinski definition) is 5. The van der Waals surface area contributed by atoms with Crippen LogP contribution in [0.4, 0.5) is 5.82 Å². The molecule has 1 atom stereocenters. The molecule has 25 heavy (non-hydrogen) atoms. The van der Waals surface area contributed by atoms with Gasteiger partial charge in [0.05, 0.1) is 24.4 Å². The van der Waals surface area contributed by atoms with E-state index < -0.39 is 0 Å². The minimum absolute atomic E-state index is 0.257. The summed E-state index contributed by atoms with van der Waals surface area (Å²) < 4.78 is 7.52. The van der Waals surface area contributed by atoms with Gasteiger partial charge in [-0.2, -0.15) is 5.10 Å². The fraction of sp³-hybridized carbons (Fsp3) is 0.368. The second-order valence-corrected chi connectivity index (χ2v) is 6.45. The molecule has 0 saturated carbocycles. The number of morpholine rings is 1. The van der Waals surface area contributed by atoms with Gasteiger partial charge in [0.2, 0.25) is 0 Å². The van der Waals surface area contributed by atoms with Crippen LogP contribution in [0.5, 0.6) is 0 Å². The standard InChI is InChI=1S/C19H23N5O/c1-15-14-23(8-9-25-15)19-10-16(5-6-21-19)11-20-12-17-13-22-24-7-3-2-4-18(17)24/h2-7,10,13,15,20H,8-9,11-12,14H2,1H3. The Morgan fingerprint density at radius 3 is 3.16 bits per heavy atom. The molecule has 0 amide bonds. The summed E-state index contributed by atoms with van der Waals surface area (Å²) >= 11 is 0. The first-order chi connectivity index (χ1) is 12.3. The average molecular weight is 337 g/mol. The lowest BCUT2D eigenvalue weighted by Crippen LogP contribution is -2.41. The van der Waals surface area contributed by atoms with Gasteiger partial charge in [-0.15, -0.1) is 0 Å². The van der Waals surface area contributed by atoms with Gasteiger partial charge in [-0.25, -0.2) is 9.50 Å². The number of aromatic nitrogens is 3. The van der Waals surface area contributed by atoms with Crippen molar-refractivity contribution in [2.75, 3.05) is 24.6 Å². The molecular weight excluding hydrogens is 314 g/mol. The Labute approximate surface area is 147 Å². The highest BCUT2D eigenvalue weighted by molar-refractivity contribution is 5.53. The Morgan fingerprint density at radius 1 is 1.28 bits per heavy atom. The Hall–Kier alpha value is -2.44. The van der Waals surface area contributed by atoms with Crippen LogP contribution in [0.1, 0.15) is 18.1 Å². The van der Waals surface area contributed by atoms with Gasteiger partial charge in [-0.05, 0) is 36.8 Å². The molecule has 130 valence electrons. The van der Waals surface area contributed by atoms with Crippen molar-refractivity contribution >= 4 is 11.3 Å². The molecule has 3 aromatic heterocycles. The number of rotatable bonds is 5. The normalized spacial score (nSPS) is 18.0. The van der Waals surface area contributed by atoms with Crippen LogP contribution in [0, 0.1) is 0 Å². The molecule has 3 aromatic rings. The Bertz CT molecular complexity index is 846. The highest BCUT2D eigenvalue weighted by Crippen LogP contribution is 2.17. The number of nitrogens with one attached hydrogen (secondary N) is 1. The third kappa shape index (κ3) is 3.65. The van der Waals surface area contributed by atoms with E-state index in [0.29, 0.717) is 0 Å². The van der Waals surface area contributed by atoms with Crippen LogP contribution in [0.25, 0.3) is 5.52 Å². The van der Waals surface area contributed by atoms with Gasteiger partial charge < -0.3 is 15.0 Å². The fourth-order valence-electron chi connectivity index (χ4n) is 3.24. The zero-order valence-electron chi connectivity index (χ0n) is 14.4. The number of anilines is 1. The maximum absolute atomic E-state index is 5.61. The van der Waals surface area contributed by atoms with Gasteiger partial charge in [0.25, 0.3) is 0 Å². The van der Waals surface area contributed by atoms with Crippen molar-refractivity contribution in [2.45, 2.75) is 26.1 Å². The van der Waals surface area contributed by atoms with E-state index in [2.05, 4.69) is 45.4 Å². The Kier molecular flexibility index (Phi) is 4.63. The third-order valence-electron chi connectivity index (χ3n) is 4.53. The molecule has 1 unspecified atom stereocenters. The van der Waals surface area contributed by atoms with Crippen molar-refractivity contribution in [1.82, 2.24) is 19.9 Å². The largest absolute Gasteiger partial charge is 0.375 e. The molecule has 4 heterocycles. The lowest BCUT2D eigenvalue weighted by Gasteiger charge is -2.32. The van der Waals surface area contributed by atoms with Crippen LogP contribution in [-0.2, 0) is 17.8 Å². The number of pyridine rings is 2. The van der Waals surface area contributed by atoms with Crippen LogP contribution in [-0.4, -0.2) is 40.4 Å². The second kappa shape index (κ2) is 7.21. The number of ether oxygens (including phenoxy) is 1. The monoisotopic (exact) mass is 337 g/mol. The molecule has 1 saturated heterocycles. The van der Waals surface area contributed by atoms with E-state index in [-0.39, 0.29) is 6.10 Å². The molecule has 4 rings (SSSR count). The molecular formula is C19H23N5O. The maximum Gasteiger partial charge on any atom is 0.128 e. The van der Waals surface area contributed by atoms with Crippen molar-refractivity contribution in [3.63, 3.8) is 0 Å². The first kappa shape index (κ1) is 16.1. The van der Waals surface area contributed by atoms with E-state index in [0.717, 1.165) is 44.1 Å². The van der Waals surface area contributed by atoms with Crippen molar-refractivity contribution in [2.24, 2.45) is 0 Å². The van der Waals surface area contributed by atoms with E-state index in [1.807, 2.05) is 35.2 Å². The lowest BCUT2D eigenvalue weighted by molar-refractivity contribution is 0.0529. The SMILES string of the molecule is CC1CN(c2cc(CNCc3cnn4ccccc34)ccn2)CCO1. The predicted octanol–water partition coefficient (Wildman–Crippen LogP) is 2.24. The van der Waals surface area contributed by atoms with E-state index in [9.17, 15) is 0 Å². The molecule has 0 aliphatic carbocycles. The van der Waals surface area contributed by atoms with Crippen LogP contribution < -0.4 is 10.2 Å². The third-order valence-corrected chi connectivity index (χ3v) is 4.53. The average Bonchev–Trinajstić information content (AvgIpc) is 3.05. The molecule has 0 aromatic carbocycles. The second-order valence-electron chi connectivity index (χ2n) is 6.45. The molecule has 6 heteroatoms. The van der Waals surface area contributed by atoms with Crippen LogP contribution in [0.15, 0.2) is 48.9 Å². The molecule has 6 nitrogen and oxygen atoms in total. The molecule has 1 aliphatic heterocycles. The van der Waals surface area contributed by atoms with Crippen LogP contribution in [0.2, 0.25) is 0 Å². The van der Waals surface area contributed by atoms with Gasteiger partial charge in [-0.1, -0.05) is 6.07 Å². The molecule has 0 radical (unpaired) electrons. The quantitative estimate of drug-likeness (QED) is 0.774. The van der Waals surface area contributed by atoms with Crippen LogP contribution >= 0.6 is 0 Å². The molecule has 0 bridgehead atoms. The smallest absolute Gasteiger partial charge is 0.128 e. The summed E-state index contributed by atoms with van der Waals surface area (Å²) in [6, 6.07) is 10.4. The van der Waals surface area contributed by atoms with Crippen molar-refractivity contribution in [3.8, 4) is 0 Å². The predicted molar refractivity (Wildman–Crippen MR) is 97.6 cm³/mol. The first-order valence-corrected chi connectivity index (χ1v) is 8.73.